The number of para-hydroxylation sites is 1. The molecule has 10 heteroatoms. The van der Waals surface area contributed by atoms with Crippen molar-refractivity contribution in [2.75, 3.05) is 10.6 Å². The van der Waals surface area contributed by atoms with Gasteiger partial charge in [0, 0.05) is 5.38 Å². The van der Waals surface area contributed by atoms with Crippen LogP contribution >= 0.6 is 11.3 Å². The second-order valence-electron chi connectivity index (χ2n) is 4.66. The third kappa shape index (κ3) is 3.71. The van der Waals surface area contributed by atoms with Crippen molar-refractivity contribution in [1.29, 1.82) is 0 Å². The normalized spacial score (nSPS) is 11.3. The van der Waals surface area contributed by atoms with Crippen LogP contribution in [0.5, 0.6) is 0 Å². The molecular formula is C14H10F3N5OS. The summed E-state index contributed by atoms with van der Waals surface area (Å²) < 4.78 is 39.0. The molecule has 0 bridgehead atoms. The Balaban J connectivity index is 1.63. The van der Waals surface area contributed by atoms with Crippen LogP contribution in [0, 0.1) is 0 Å². The van der Waals surface area contributed by atoms with Crippen molar-refractivity contribution < 1.29 is 18.0 Å². The van der Waals surface area contributed by atoms with Crippen LogP contribution in [0.15, 0.2) is 48.0 Å². The molecule has 0 aliphatic rings. The summed E-state index contributed by atoms with van der Waals surface area (Å²) in [6, 6.07) is 9.28. The second kappa shape index (κ2) is 6.32. The summed E-state index contributed by atoms with van der Waals surface area (Å²) in [5.74, 6) is 0.170. The number of nitrogens with one attached hydrogen (secondary N) is 2. The number of hydrogen-bond donors (Lipinski definition) is 2. The Bertz CT molecular complexity index is 843. The fourth-order valence-electron chi connectivity index (χ4n) is 1.84. The van der Waals surface area contributed by atoms with Gasteiger partial charge in [0.15, 0.2) is 5.82 Å². The lowest BCUT2D eigenvalue weighted by molar-refractivity contribution is -0.137. The van der Waals surface area contributed by atoms with Crippen LogP contribution in [0.3, 0.4) is 0 Å². The fraction of sp³-hybridized carbons (Fsp3) is 0.0714. The number of hydrogen-bond acceptors (Lipinski definition) is 4. The minimum absolute atomic E-state index is 0.0790. The fourth-order valence-corrected chi connectivity index (χ4v) is 2.64. The van der Waals surface area contributed by atoms with Gasteiger partial charge in [0.05, 0.1) is 22.4 Å². The number of aromatic nitrogens is 3. The van der Waals surface area contributed by atoms with E-state index in [4.69, 9.17) is 0 Å². The molecule has 6 nitrogen and oxygen atoms in total. The monoisotopic (exact) mass is 353 g/mol. The molecule has 3 rings (SSSR count). The van der Waals surface area contributed by atoms with E-state index in [-0.39, 0.29) is 10.8 Å². The van der Waals surface area contributed by atoms with Crippen molar-refractivity contribution in [2.45, 2.75) is 6.18 Å². The number of amides is 2. The highest BCUT2D eigenvalue weighted by molar-refractivity contribution is 7.14. The van der Waals surface area contributed by atoms with Crippen molar-refractivity contribution >= 4 is 28.2 Å². The summed E-state index contributed by atoms with van der Waals surface area (Å²) in [5.41, 5.74) is -0.0515. The maximum absolute atomic E-state index is 12.5. The molecule has 0 aliphatic heterocycles. The second-order valence-corrected chi connectivity index (χ2v) is 5.57. The molecule has 124 valence electrons. The maximum Gasteiger partial charge on any atom is 0.417 e. The van der Waals surface area contributed by atoms with E-state index in [1.54, 1.807) is 0 Å². The van der Waals surface area contributed by atoms with Gasteiger partial charge in [0.2, 0.25) is 0 Å². The van der Waals surface area contributed by atoms with Gasteiger partial charge in [0.25, 0.3) is 0 Å². The molecule has 0 fully saturated rings. The van der Waals surface area contributed by atoms with Gasteiger partial charge >= 0.3 is 12.2 Å². The summed E-state index contributed by atoms with van der Waals surface area (Å²) in [7, 11) is 0. The minimum Gasteiger partial charge on any atom is -0.299 e. The van der Waals surface area contributed by atoms with E-state index in [1.807, 2.05) is 30.3 Å². The van der Waals surface area contributed by atoms with E-state index < -0.39 is 17.8 Å². The lowest BCUT2D eigenvalue weighted by atomic mass is 10.3. The van der Waals surface area contributed by atoms with E-state index >= 15 is 0 Å². The number of halogens is 3. The molecule has 0 spiro atoms. The molecule has 0 saturated heterocycles. The Kier molecular flexibility index (Phi) is 4.21. The van der Waals surface area contributed by atoms with Gasteiger partial charge in [-0.1, -0.05) is 23.4 Å². The molecule has 1 aromatic carbocycles. The highest BCUT2D eigenvalue weighted by atomic mass is 32.1. The van der Waals surface area contributed by atoms with E-state index in [9.17, 15) is 18.0 Å². The highest BCUT2D eigenvalue weighted by Crippen LogP contribution is 2.34. The van der Waals surface area contributed by atoms with Gasteiger partial charge in [-0.25, -0.2) is 9.48 Å². The molecular weight excluding hydrogens is 343 g/mol. The van der Waals surface area contributed by atoms with Crippen molar-refractivity contribution in [1.82, 2.24) is 15.0 Å². The van der Waals surface area contributed by atoms with Crippen LogP contribution in [0.25, 0.3) is 5.69 Å². The Labute approximate surface area is 137 Å². The first-order chi connectivity index (χ1) is 11.4. The predicted molar refractivity (Wildman–Crippen MR) is 83.3 cm³/mol. The molecule has 24 heavy (non-hydrogen) atoms. The van der Waals surface area contributed by atoms with Crippen LogP contribution in [0.4, 0.5) is 28.8 Å². The third-order valence-corrected chi connectivity index (χ3v) is 3.76. The molecule has 2 heterocycles. The number of alkyl halides is 3. The lowest BCUT2D eigenvalue weighted by Gasteiger charge is -2.03. The zero-order valence-corrected chi connectivity index (χ0v) is 12.7. The smallest absolute Gasteiger partial charge is 0.299 e. The summed E-state index contributed by atoms with van der Waals surface area (Å²) in [5, 5.41) is 13.4. The number of urea groups is 1. The van der Waals surface area contributed by atoms with Crippen LogP contribution in [-0.2, 0) is 6.18 Å². The average Bonchev–Trinajstić information content (AvgIpc) is 3.17. The average molecular weight is 353 g/mol. The zero-order valence-electron chi connectivity index (χ0n) is 11.9. The van der Waals surface area contributed by atoms with Gasteiger partial charge in [-0.15, -0.1) is 16.4 Å². The van der Waals surface area contributed by atoms with E-state index in [1.165, 1.54) is 10.9 Å². The molecule has 0 radical (unpaired) electrons. The van der Waals surface area contributed by atoms with Crippen molar-refractivity contribution in [2.24, 2.45) is 0 Å². The molecule has 0 saturated carbocycles. The summed E-state index contributed by atoms with van der Waals surface area (Å²) in [6.45, 7) is 0. The number of benzene rings is 1. The summed E-state index contributed by atoms with van der Waals surface area (Å²) in [4.78, 5) is 11.8. The van der Waals surface area contributed by atoms with Crippen molar-refractivity contribution in [3.8, 4) is 5.69 Å². The lowest BCUT2D eigenvalue weighted by Crippen LogP contribution is -2.19. The molecule has 3 aromatic rings. The molecule has 0 aliphatic carbocycles. The number of carbonyl (C=O) groups is 1. The van der Waals surface area contributed by atoms with Gasteiger partial charge < -0.3 is 0 Å². The standard InChI is InChI=1S/C14H10F3N5OS/c15-14(16,17)9-6-12(24-8-9)19-13(23)18-11-7-22(21-20-11)10-4-2-1-3-5-10/h1-8H,(H2,18,19,23). The Morgan fingerprint density at radius 1 is 1.17 bits per heavy atom. The molecule has 2 amide bonds. The van der Waals surface area contributed by atoms with Crippen LogP contribution < -0.4 is 10.6 Å². The largest absolute Gasteiger partial charge is 0.417 e. The number of rotatable bonds is 3. The Morgan fingerprint density at radius 2 is 1.92 bits per heavy atom. The van der Waals surface area contributed by atoms with Gasteiger partial charge in [-0.05, 0) is 18.2 Å². The van der Waals surface area contributed by atoms with Crippen LogP contribution in [-0.4, -0.2) is 21.0 Å². The van der Waals surface area contributed by atoms with Gasteiger partial charge in [-0.3, -0.25) is 10.6 Å². The van der Waals surface area contributed by atoms with Gasteiger partial charge in [0.1, 0.15) is 0 Å². The minimum atomic E-state index is -4.44. The maximum atomic E-state index is 12.5. The van der Waals surface area contributed by atoms with E-state index in [0.717, 1.165) is 28.5 Å². The number of carbonyl (C=O) groups excluding carboxylic acids is 1. The summed E-state index contributed by atoms with van der Waals surface area (Å²) >= 11 is 0.784. The highest BCUT2D eigenvalue weighted by Gasteiger charge is 2.31. The van der Waals surface area contributed by atoms with Crippen LogP contribution in [0.2, 0.25) is 0 Å². The topological polar surface area (TPSA) is 71.8 Å². The zero-order chi connectivity index (χ0) is 17.2. The van der Waals surface area contributed by atoms with E-state index in [2.05, 4.69) is 20.9 Å². The molecule has 2 N–H and O–H groups in total. The predicted octanol–water partition coefficient (Wildman–Crippen LogP) is 3.99. The number of anilines is 2. The Morgan fingerprint density at radius 3 is 2.58 bits per heavy atom. The first-order valence-corrected chi connectivity index (χ1v) is 7.51. The van der Waals surface area contributed by atoms with Gasteiger partial charge in [-0.2, -0.15) is 13.2 Å². The molecule has 0 unspecified atom stereocenters. The van der Waals surface area contributed by atoms with E-state index in [0.29, 0.717) is 0 Å². The third-order valence-electron chi connectivity index (χ3n) is 2.92. The molecule has 2 aromatic heterocycles. The summed E-state index contributed by atoms with van der Waals surface area (Å²) in [6.07, 6.45) is -2.95. The number of thiophene rings is 1. The number of nitrogens with zero attached hydrogens (tertiary/aromatic N) is 3. The van der Waals surface area contributed by atoms with Crippen molar-refractivity contribution in [3.63, 3.8) is 0 Å². The molecule has 0 atom stereocenters. The first kappa shape index (κ1) is 16.0. The van der Waals surface area contributed by atoms with Crippen molar-refractivity contribution in [3.05, 3.63) is 53.5 Å². The van der Waals surface area contributed by atoms with Crippen LogP contribution in [0.1, 0.15) is 5.56 Å². The Hall–Kier alpha value is -2.88. The SMILES string of the molecule is O=C(Nc1cn(-c2ccccc2)nn1)Nc1cc(C(F)(F)F)cs1. The quantitative estimate of drug-likeness (QED) is 0.748. The first-order valence-electron chi connectivity index (χ1n) is 6.63.